The largest absolute Gasteiger partial charge is 0.409 e. The van der Waals surface area contributed by atoms with Gasteiger partial charge in [0, 0.05) is 37.9 Å². The smallest absolute Gasteiger partial charge is 0.141 e. The van der Waals surface area contributed by atoms with Crippen molar-refractivity contribution in [2.24, 2.45) is 10.9 Å². The maximum atomic E-state index is 8.59. The van der Waals surface area contributed by atoms with Crippen LogP contribution in [0.15, 0.2) is 29.4 Å². The van der Waals surface area contributed by atoms with Crippen LogP contribution < -0.4 is 16.0 Å². The van der Waals surface area contributed by atoms with E-state index in [9.17, 15) is 0 Å². The van der Waals surface area contributed by atoms with Crippen LogP contribution in [-0.4, -0.2) is 31.2 Å². The lowest BCUT2D eigenvalue weighted by molar-refractivity contribution is 0.316. The number of amidine groups is 1. The van der Waals surface area contributed by atoms with Crippen molar-refractivity contribution in [2.45, 2.75) is 25.8 Å². The third-order valence-corrected chi connectivity index (χ3v) is 2.81. The summed E-state index contributed by atoms with van der Waals surface area (Å²) < 4.78 is 0. The van der Waals surface area contributed by atoms with E-state index in [0.29, 0.717) is 6.42 Å². The zero-order valence-corrected chi connectivity index (χ0v) is 11.2. The fraction of sp³-hybridized carbons (Fsp3) is 0.462. The Morgan fingerprint density at radius 3 is 2.78 bits per heavy atom. The summed E-state index contributed by atoms with van der Waals surface area (Å²) in [5.74, 6) is 0.248. The number of benzene rings is 1. The SMILES string of the molecule is CCC(C/C(N)=N/O)Nc1cccc(N(C)C)c1. The molecule has 1 aromatic carbocycles. The molecule has 0 aliphatic rings. The van der Waals surface area contributed by atoms with Crippen LogP contribution in [0.2, 0.25) is 0 Å². The van der Waals surface area contributed by atoms with Gasteiger partial charge in [-0.15, -0.1) is 0 Å². The molecule has 0 saturated carbocycles. The molecule has 1 aromatic rings. The van der Waals surface area contributed by atoms with E-state index in [0.717, 1.165) is 17.8 Å². The van der Waals surface area contributed by atoms with Gasteiger partial charge in [0.25, 0.3) is 0 Å². The maximum Gasteiger partial charge on any atom is 0.141 e. The zero-order valence-electron chi connectivity index (χ0n) is 11.2. The van der Waals surface area contributed by atoms with Crippen molar-refractivity contribution >= 4 is 17.2 Å². The lowest BCUT2D eigenvalue weighted by Crippen LogP contribution is -2.26. The summed E-state index contributed by atoms with van der Waals surface area (Å²) >= 11 is 0. The lowest BCUT2D eigenvalue weighted by atomic mass is 10.1. The van der Waals surface area contributed by atoms with Gasteiger partial charge in [-0.3, -0.25) is 0 Å². The predicted molar refractivity (Wildman–Crippen MR) is 76.5 cm³/mol. The van der Waals surface area contributed by atoms with Crippen molar-refractivity contribution < 1.29 is 5.21 Å². The molecule has 1 unspecified atom stereocenters. The van der Waals surface area contributed by atoms with Gasteiger partial charge in [-0.25, -0.2) is 0 Å². The number of nitrogens with two attached hydrogens (primary N) is 1. The number of hydrogen-bond acceptors (Lipinski definition) is 4. The second-order valence-corrected chi connectivity index (χ2v) is 4.49. The Balaban J connectivity index is 2.72. The molecule has 0 radical (unpaired) electrons. The van der Waals surface area contributed by atoms with Crippen molar-refractivity contribution in [2.75, 3.05) is 24.3 Å². The standard InChI is InChI=1S/C13H22N4O/c1-4-10(9-13(14)16-18)15-11-6-5-7-12(8-11)17(2)3/h5-8,10,15,18H,4,9H2,1-3H3,(H2,14,16). The maximum absolute atomic E-state index is 8.59. The fourth-order valence-corrected chi connectivity index (χ4v) is 1.70. The topological polar surface area (TPSA) is 73.9 Å². The van der Waals surface area contributed by atoms with Gasteiger partial charge in [-0.05, 0) is 24.6 Å². The van der Waals surface area contributed by atoms with Gasteiger partial charge in [-0.2, -0.15) is 0 Å². The minimum atomic E-state index is 0.165. The average Bonchev–Trinajstić information content (AvgIpc) is 2.38. The normalized spacial score (nSPS) is 13.2. The molecule has 0 fully saturated rings. The summed E-state index contributed by atoms with van der Waals surface area (Å²) in [6.45, 7) is 2.07. The van der Waals surface area contributed by atoms with Gasteiger partial charge in [-0.1, -0.05) is 18.1 Å². The zero-order chi connectivity index (χ0) is 13.5. The molecule has 18 heavy (non-hydrogen) atoms. The van der Waals surface area contributed by atoms with E-state index in [-0.39, 0.29) is 11.9 Å². The van der Waals surface area contributed by atoms with E-state index >= 15 is 0 Å². The minimum Gasteiger partial charge on any atom is -0.409 e. The Hall–Kier alpha value is -1.91. The molecule has 100 valence electrons. The van der Waals surface area contributed by atoms with E-state index in [1.807, 2.05) is 26.2 Å². The van der Waals surface area contributed by atoms with Gasteiger partial charge in [0.05, 0.1) is 0 Å². The quantitative estimate of drug-likeness (QED) is 0.313. The molecule has 0 amide bonds. The Labute approximate surface area is 108 Å². The van der Waals surface area contributed by atoms with Crippen LogP contribution in [0.1, 0.15) is 19.8 Å². The first-order chi connectivity index (χ1) is 8.56. The first-order valence-corrected chi connectivity index (χ1v) is 6.07. The molecule has 0 saturated heterocycles. The highest BCUT2D eigenvalue weighted by molar-refractivity contribution is 5.80. The molecule has 0 aliphatic heterocycles. The van der Waals surface area contributed by atoms with Crippen LogP contribution >= 0.6 is 0 Å². The van der Waals surface area contributed by atoms with E-state index in [2.05, 4.69) is 34.4 Å². The van der Waals surface area contributed by atoms with Crippen LogP contribution in [0, 0.1) is 0 Å². The highest BCUT2D eigenvalue weighted by Crippen LogP contribution is 2.19. The number of nitrogens with zero attached hydrogens (tertiary/aromatic N) is 2. The van der Waals surface area contributed by atoms with Crippen LogP contribution in [0.5, 0.6) is 0 Å². The predicted octanol–water partition coefficient (Wildman–Crippen LogP) is 2.08. The van der Waals surface area contributed by atoms with Crippen LogP contribution in [-0.2, 0) is 0 Å². The van der Waals surface area contributed by atoms with Crippen LogP contribution in [0.3, 0.4) is 0 Å². The number of rotatable bonds is 6. The summed E-state index contributed by atoms with van der Waals surface area (Å²) in [6.07, 6.45) is 1.43. The third kappa shape index (κ3) is 4.16. The number of nitrogens with one attached hydrogen (secondary N) is 1. The van der Waals surface area contributed by atoms with E-state index in [1.165, 1.54) is 0 Å². The van der Waals surface area contributed by atoms with Gasteiger partial charge in [0.2, 0.25) is 0 Å². The van der Waals surface area contributed by atoms with Crippen molar-refractivity contribution in [1.82, 2.24) is 0 Å². The molecule has 0 spiro atoms. The van der Waals surface area contributed by atoms with Crippen molar-refractivity contribution in [3.8, 4) is 0 Å². The molecule has 4 N–H and O–H groups in total. The highest BCUT2D eigenvalue weighted by atomic mass is 16.4. The van der Waals surface area contributed by atoms with E-state index < -0.39 is 0 Å². The lowest BCUT2D eigenvalue weighted by Gasteiger charge is -2.19. The molecular formula is C13H22N4O. The second kappa shape index (κ2) is 6.74. The summed E-state index contributed by atoms with van der Waals surface area (Å²) in [7, 11) is 4.01. The van der Waals surface area contributed by atoms with Gasteiger partial charge in [0.1, 0.15) is 5.84 Å². The summed E-state index contributed by atoms with van der Waals surface area (Å²) in [6, 6.07) is 8.32. The van der Waals surface area contributed by atoms with Gasteiger partial charge >= 0.3 is 0 Å². The number of oxime groups is 1. The second-order valence-electron chi connectivity index (χ2n) is 4.49. The third-order valence-electron chi connectivity index (χ3n) is 2.81. The Morgan fingerprint density at radius 1 is 1.50 bits per heavy atom. The number of hydrogen-bond donors (Lipinski definition) is 3. The molecule has 0 aliphatic carbocycles. The van der Waals surface area contributed by atoms with Crippen molar-refractivity contribution in [1.29, 1.82) is 0 Å². The van der Waals surface area contributed by atoms with E-state index in [1.54, 1.807) is 0 Å². The van der Waals surface area contributed by atoms with Crippen LogP contribution in [0.4, 0.5) is 11.4 Å². The van der Waals surface area contributed by atoms with E-state index in [4.69, 9.17) is 10.9 Å². The highest BCUT2D eigenvalue weighted by Gasteiger charge is 2.09. The first-order valence-electron chi connectivity index (χ1n) is 6.07. The molecule has 1 rings (SSSR count). The molecule has 0 aromatic heterocycles. The Kier molecular flexibility index (Phi) is 5.30. The molecule has 0 heterocycles. The van der Waals surface area contributed by atoms with Gasteiger partial charge in [0.15, 0.2) is 0 Å². The summed E-state index contributed by atoms with van der Waals surface area (Å²) in [4.78, 5) is 2.05. The van der Waals surface area contributed by atoms with Gasteiger partial charge < -0.3 is 21.2 Å². The van der Waals surface area contributed by atoms with Crippen LogP contribution in [0.25, 0.3) is 0 Å². The molecule has 5 nitrogen and oxygen atoms in total. The van der Waals surface area contributed by atoms with Crippen molar-refractivity contribution in [3.63, 3.8) is 0 Å². The summed E-state index contributed by atoms with van der Waals surface area (Å²) in [5.41, 5.74) is 7.71. The summed E-state index contributed by atoms with van der Waals surface area (Å²) in [5, 5.41) is 15.0. The number of anilines is 2. The fourth-order valence-electron chi connectivity index (χ4n) is 1.70. The molecular weight excluding hydrogens is 228 g/mol. The Morgan fingerprint density at radius 2 is 2.22 bits per heavy atom. The van der Waals surface area contributed by atoms with Crippen molar-refractivity contribution in [3.05, 3.63) is 24.3 Å². The molecule has 1 atom stereocenters. The minimum absolute atomic E-state index is 0.165. The molecule has 0 bridgehead atoms. The first kappa shape index (κ1) is 14.2. The Bertz CT molecular complexity index is 404. The molecule has 5 heteroatoms. The average molecular weight is 250 g/mol. The monoisotopic (exact) mass is 250 g/mol.